The van der Waals surface area contributed by atoms with Gasteiger partial charge in [0.2, 0.25) is 0 Å². The molecule has 0 spiro atoms. The van der Waals surface area contributed by atoms with E-state index in [9.17, 15) is 4.79 Å². The summed E-state index contributed by atoms with van der Waals surface area (Å²) in [5, 5.41) is 7.32. The van der Waals surface area contributed by atoms with Crippen LogP contribution >= 0.6 is 0 Å². The third-order valence-corrected chi connectivity index (χ3v) is 3.63. The zero-order chi connectivity index (χ0) is 16.2. The lowest BCUT2D eigenvalue weighted by atomic mass is 10.1. The number of carbonyl (C=O) groups is 1. The molecule has 0 saturated heterocycles. The normalized spacial score (nSPS) is 10.7. The molecular formula is C18H19N3O2. The van der Waals surface area contributed by atoms with E-state index in [-0.39, 0.29) is 5.91 Å². The summed E-state index contributed by atoms with van der Waals surface area (Å²) >= 11 is 0. The molecule has 0 fully saturated rings. The predicted octanol–water partition coefficient (Wildman–Crippen LogP) is 3.05. The maximum absolute atomic E-state index is 11.8. The first-order valence-electron chi connectivity index (χ1n) is 7.58. The van der Waals surface area contributed by atoms with Gasteiger partial charge >= 0.3 is 0 Å². The molecule has 1 amide bonds. The summed E-state index contributed by atoms with van der Waals surface area (Å²) in [4.78, 5) is 11.8. The van der Waals surface area contributed by atoms with Gasteiger partial charge in [-0.05, 0) is 56.2 Å². The second-order valence-electron chi connectivity index (χ2n) is 5.49. The zero-order valence-corrected chi connectivity index (χ0v) is 13.2. The molecular weight excluding hydrogens is 290 g/mol. The lowest BCUT2D eigenvalue weighted by Crippen LogP contribution is -2.25. The van der Waals surface area contributed by atoms with Crippen LogP contribution in [0.1, 0.15) is 27.5 Å². The molecule has 2 heterocycles. The second kappa shape index (κ2) is 6.52. The molecule has 5 heteroatoms. The highest BCUT2D eigenvalue weighted by Gasteiger charge is 2.07. The number of carbonyl (C=O) groups excluding carboxylic acids is 1. The summed E-state index contributed by atoms with van der Waals surface area (Å²) in [5.74, 6) is 0.152. The van der Waals surface area contributed by atoms with E-state index in [4.69, 9.17) is 4.42 Å². The van der Waals surface area contributed by atoms with Crippen molar-refractivity contribution in [1.82, 2.24) is 15.1 Å². The van der Waals surface area contributed by atoms with Gasteiger partial charge in [0.15, 0.2) is 5.76 Å². The van der Waals surface area contributed by atoms with E-state index in [1.54, 1.807) is 12.1 Å². The fourth-order valence-electron chi connectivity index (χ4n) is 2.51. The second-order valence-corrected chi connectivity index (χ2v) is 5.49. The number of nitrogens with one attached hydrogen (secondary N) is 1. The molecule has 0 bridgehead atoms. The highest BCUT2D eigenvalue weighted by atomic mass is 16.3. The van der Waals surface area contributed by atoms with Crippen molar-refractivity contribution >= 4 is 5.91 Å². The number of hydrogen-bond acceptors (Lipinski definition) is 3. The third-order valence-electron chi connectivity index (χ3n) is 3.63. The van der Waals surface area contributed by atoms with Crippen molar-refractivity contribution in [3.8, 4) is 5.69 Å². The van der Waals surface area contributed by atoms with Gasteiger partial charge in [0, 0.05) is 12.2 Å². The number of aromatic nitrogens is 2. The number of benzene rings is 1. The quantitative estimate of drug-likeness (QED) is 0.788. The van der Waals surface area contributed by atoms with E-state index < -0.39 is 0 Å². The first kappa shape index (κ1) is 15.1. The summed E-state index contributed by atoms with van der Waals surface area (Å²) in [6.45, 7) is 4.59. The fourth-order valence-corrected chi connectivity index (χ4v) is 2.51. The molecule has 0 aliphatic carbocycles. The maximum atomic E-state index is 11.8. The van der Waals surface area contributed by atoms with Crippen molar-refractivity contribution in [1.29, 1.82) is 0 Å². The molecule has 0 saturated carbocycles. The molecule has 0 aliphatic rings. The molecule has 3 rings (SSSR count). The average molecular weight is 309 g/mol. The van der Waals surface area contributed by atoms with Crippen LogP contribution in [0.4, 0.5) is 0 Å². The van der Waals surface area contributed by atoms with Gasteiger partial charge in [-0.15, -0.1) is 0 Å². The van der Waals surface area contributed by atoms with Crippen molar-refractivity contribution in [2.75, 3.05) is 6.54 Å². The van der Waals surface area contributed by atoms with Crippen molar-refractivity contribution < 1.29 is 9.21 Å². The zero-order valence-electron chi connectivity index (χ0n) is 13.2. The summed E-state index contributed by atoms with van der Waals surface area (Å²) in [5.41, 5.74) is 4.32. The Kier molecular flexibility index (Phi) is 4.28. The SMILES string of the molecule is Cc1cc(C)n(-c2ccc(CCNC(=O)c3ccco3)cc2)n1. The highest BCUT2D eigenvalue weighted by molar-refractivity contribution is 5.91. The van der Waals surface area contributed by atoms with Crippen LogP contribution in [0, 0.1) is 13.8 Å². The van der Waals surface area contributed by atoms with Crippen LogP contribution < -0.4 is 5.32 Å². The molecule has 1 N–H and O–H groups in total. The minimum Gasteiger partial charge on any atom is -0.459 e. The van der Waals surface area contributed by atoms with Crippen LogP contribution in [-0.4, -0.2) is 22.2 Å². The predicted molar refractivity (Wildman–Crippen MR) is 87.8 cm³/mol. The highest BCUT2D eigenvalue weighted by Crippen LogP contribution is 2.13. The van der Waals surface area contributed by atoms with E-state index in [1.807, 2.05) is 30.7 Å². The first-order valence-corrected chi connectivity index (χ1v) is 7.58. The fraction of sp³-hybridized carbons (Fsp3) is 0.222. The molecule has 3 aromatic rings. The lowest BCUT2D eigenvalue weighted by molar-refractivity contribution is 0.0926. The third kappa shape index (κ3) is 3.51. The standard InChI is InChI=1S/C18H19N3O2/c1-13-12-14(2)21(20-13)16-7-5-15(6-8-16)9-10-19-18(22)17-4-3-11-23-17/h3-8,11-12H,9-10H2,1-2H3,(H,19,22). The van der Waals surface area contributed by atoms with E-state index in [2.05, 4.69) is 28.6 Å². The summed E-state index contributed by atoms with van der Waals surface area (Å²) in [7, 11) is 0. The Labute approximate surface area is 134 Å². The Morgan fingerprint density at radius 1 is 1.22 bits per heavy atom. The topological polar surface area (TPSA) is 60.1 Å². The van der Waals surface area contributed by atoms with Gasteiger partial charge in [-0.3, -0.25) is 4.79 Å². The molecule has 2 aromatic heterocycles. The summed E-state index contributed by atoms with van der Waals surface area (Å²) in [6.07, 6.45) is 2.26. The number of nitrogens with zero attached hydrogens (tertiary/aromatic N) is 2. The number of amides is 1. The molecule has 0 atom stereocenters. The number of aryl methyl sites for hydroxylation is 2. The summed E-state index contributed by atoms with van der Waals surface area (Å²) < 4.78 is 6.98. The molecule has 5 nitrogen and oxygen atoms in total. The average Bonchev–Trinajstić information content (AvgIpc) is 3.18. The molecule has 0 aliphatic heterocycles. The van der Waals surface area contributed by atoms with Crippen molar-refractivity contribution in [2.45, 2.75) is 20.3 Å². The number of furan rings is 1. The van der Waals surface area contributed by atoms with Gasteiger partial charge < -0.3 is 9.73 Å². The minimum absolute atomic E-state index is 0.186. The Balaban J connectivity index is 1.58. The Morgan fingerprint density at radius 3 is 2.61 bits per heavy atom. The van der Waals surface area contributed by atoms with Crippen LogP contribution in [0.25, 0.3) is 5.69 Å². The Morgan fingerprint density at radius 2 is 2.00 bits per heavy atom. The van der Waals surface area contributed by atoms with E-state index in [0.717, 1.165) is 29.1 Å². The van der Waals surface area contributed by atoms with E-state index in [1.165, 1.54) is 6.26 Å². The van der Waals surface area contributed by atoms with Crippen LogP contribution in [0.3, 0.4) is 0 Å². The van der Waals surface area contributed by atoms with Gasteiger partial charge in [-0.2, -0.15) is 5.10 Å². The molecule has 23 heavy (non-hydrogen) atoms. The van der Waals surface area contributed by atoms with E-state index in [0.29, 0.717) is 12.3 Å². The van der Waals surface area contributed by atoms with Crippen LogP contribution in [0.5, 0.6) is 0 Å². The van der Waals surface area contributed by atoms with Gasteiger partial charge in [0.25, 0.3) is 5.91 Å². The first-order chi connectivity index (χ1) is 11.1. The largest absolute Gasteiger partial charge is 0.459 e. The van der Waals surface area contributed by atoms with E-state index >= 15 is 0 Å². The van der Waals surface area contributed by atoms with Crippen molar-refractivity contribution in [3.05, 3.63) is 71.4 Å². The Bertz CT molecular complexity index is 786. The van der Waals surface area contributed by atoms with Gasteiger partial charge in [-0.25, -0.2) is 4.68 Å². The monoisotopic (exact) mass is 309 g/mol. The minimum atomic E-state index is -0.186. The molecule has 0 unspecified atom stereocenters. The van der Waals surface area contributed by atoms with Crippen LogP contribution in [-0.2, 0) is 6.42 Å². The molecule has 118 valence electrons. The van der Waals surface area contributed by atoms with Gasteiger partial charge in [-0.1, -0.05) is 12.1 Å². The summed E-state index contributed by atoms with van der Waals surface area (Å²) in [6, 6.07) is 13.6. The number of rotatable bonds is 5. The van der Waals surface area contributed by atoms with Crippen LogP contribution in [0.15, 0.2) is 53.1 Å². The maximum Gasteiger partial charge on any atom is 0.286 e. The van der Waals surface area contributed by atoms with Gasteiger partial charge in [0.1, 0.15) is 0 Å². The van der Waals surface area contributed by atoms with Crippen molar-refractivity contribution in [3.63, 3.8) is 0 Å². The lowest BCUT2D eigenvalue weighted by Gasteiger charge is -2.07. The Hall–Kier alpha value is -2.82. The number of hydrogen-bond donors (Lipinski definition) is 1. The molecule has 0 radical (unpaired) electrons. The van der Waals surface area contributed by atoms with Crippen molar-refractivity contribution in [2.24, 2.45) is 0 Å². The van der Waals surface area contributed by atoms with Crippen LogP contribution in [0.2, 0.25) is 0 Å². The van der Waals surface area contributed by atoms with Gasteiger partial charge in [0.05, 0.1) is 17.6 Å². The smallest absolute Gasteiger partial charge is 0.286 e. The molecule has 1 aromatic carbocycles.